The summed E-state index contributed by atoms with van der Waals surface area (Å²) in [5, 5.41) is 0. The van der Waals surface area contributed by atoms with Gasteiger partial charge in [0.2, 0.25) is 0 Å². The summed E-state index contributed by atoms with van der Waals surface area (Å²) in [6.45, 7) is 0.285. The number of amides is 3. The van der Waals surface area contributed by atoms with Crippen LogP contribution >= 0.6 is 0 Å². The van der Waals surface area contributed by atoms with Gasteiger partial charge < -0.3 is 9.64 Å². The Bertz CT molecular complexity index is 720. The molecule has 1 aromatic heterocycles. The number of rotatable bonds is 2. The Labute approximate surface area is 140 Å². The normalized spacial score (nSPS) is 23.7. The van der Waals surface area contributed by atoms with Crippen molar-refractivity contribution in [1.82, 2.24) is 9.88 Å². The highest BCUT2D eigenvalue weighted by Gasteiger charge is 2.53. The number of piperidine rings is 1. The molecule has 25 heavy (non-hydrogen) atoms. The second-order valence-electron chi connectivity index (χ2n) is 5.77. The number of carbonyl (C=O) groups is 3. The van der Waals surface area contributed by atoms with Crippen molar-refractivity contribution in [2.45, 2.75) is 25.1 Å². The monoisotopic (exact) mass is 357 g/mol. The fourth-order valence-electron chi connectivity index (χ4n) is 3.19. The van der Waals surface area contributed by atoms with Crippen molar-refractivity contribution in [1.29, 1.82) is 0 Å². The number of hydrogen-bond donors (Lipinski definition) is 0. The van der Waals surface area contributed by atoms with Crippen LogP contribution in [-0.4, -0.2) is 47.5 Å². The molecular formula is C15H14F3N3O4. The first-order chi connectivity index (χ1) is 11.8. The number of nitrogens with zero attached hydrogens (tertiary/aromatic N) is 3. The molecule has 0 saturated carbocycles. The van der Waals surface area contributed by atoms with Gasteiger partial charge in [-0.15, -0.1) is 0 Å². The summed E-state index contributed by atoms with van der Waals surface area (Å²) < 4.78 is 42.5. The van der Waals surface area contributed by atoms with Crippen LogP contribution in [0.1, 0.15) is 18.5 Å². The quantitative estimate of drug-likeness (QED) is 0.596. The Balaban J connectivity index is 1.92. The van der Waals surface area contributed by atoms with E-state index in [-0.39, 0.29) is 12.2 Å². The molecule has 0 bridgehead atoms. The van der Waals surface area contributed by atoms with Crippen LogP contribution in [-0.2, 0) is 20.5 Å². The van der Waals surface area contributed by atoms with Crippen LogP contribution in [0.2, 0.25) is 0 Å². The Kier molecular flexibility index (Phi) is 4.13. The van der Waals surface area contributed by atoms with E-state index in [4.69, 9.17) is 4.74 Å². The van der Waals surface area contributed by atoms with Crippen molar-refractivity contribution in [2.75, 3.05) is 18.6 Å². The van der Waals surface area contributed by atoms with Crippen LogP contribution in [0.5, 0.6) is 0 Å². The lowest BCUT2D eigenvalue weighted by Gasteiger charge is -2.31. The SMILES string of the molecule is COC(=O)[C@@H]1CCCN2C(=O)N(c3ccc(C(F)(F)F)nc3)C(=O)[C@H]12. The number of alkyl halides is 3. The van der Waals surface area contributed by atoms with Gasteiger partial charge in [0, 0.05) is 6.54 Å². The molecule has 3 rings (SSSR count). The summed E-state index contributed by atoms with van der Waals surface area (Å²) in [5.74, 6) is -2.05. The minimum absolute atomic E-state index is 0.0685. The number of imide groups is 1. The van der Waals surface area contributed by atoms with E-state index in [9.17, 15) is 27.6 Å². The van der Waals surface area contributed by atoms with Crippen LogP contribution < -0.4 is 4.90 Å². The lowest BCUT2D eigenvalue weighted by atomic mass is 9.89. The van der Waals surface area contributed by atoms with Crippen molar-refractivity contribution < 1.29 is 32.3 Å². The van der Waals surface area contributed by atoms with Crippen LogP contribution in [0.4, 0.5) is 23.7 Å². The fourth-order valence-corrected chi connectivity index (χ4v) is 3.19. The number of hydrogen-bond acceptors (Lipinski definition) is 5. The third kappa shape index (κ3) is 2.81. The van der Waals surface area contributed by atoms with Crippen molar-refractivity contribution in [2.24, 2.45) is 5.92 Å². The molecule has 0 aliphatic carbocycles. The first kappa shape index (κ1) is 17.2. The molecule has 2 atom stereocenters. The Morgan fingerprint density at radius 3 is 2.60 bits per heavy atom. The molecule has 0 radical (unpaired) electrons. The van der Waals surface area contributed by atoms with Crippen LogP contribution in [0.3, 0.4) is 0 Å². The molecule has 10 heteroatoms. The predicted molar refractivity (Wildman–Crippen MR) is 77.4 cm³/mol. The molecule has 2 fully saturated rings. The summed E-state index contributed by atoms with van der Waals surface area (Å²) in [7, 11) is 1.19. The first-order valence-electron chi connectivity index (χ1n) is 7.51. The van der Waals surface area contributed by atoms with E-state index in [0.717, 1.165) is 17.2 Å². The predicted octanol–water partition coefficient (Wildman–Crippen LogP) is 1.82. The number of urea groups is 1. The maximum absolute atomic E-state index is 12.7. The van der Waals surface area contributed by atoms with Gasteiger partial charge in [-0.1, -0.05) is 0 Å². The molecule has 0 aromatic carbocycles. The second-order valence-corrected chi connectivity index (χ2v) is 5.77. The van der Waals surface area contributed by atoms with Gasteiger partial charge in [-0.3, -0.25) is 9.59 Å². The number of ether oxygens (including phenoxy) is 1. The molecule has 3 amide bonds. The average molecular weight is 357 g/mol. The van der Waals surface area contributed by atoms with Crippen molar-refractivity contribution in [3.05, 3.63) is 24.0 Å². The maximum Gasteiger partial charge on any atom is 0.433 e. The Morgan fingerprint density at radius 1 is 1.32 bits per heavy atom. The van der Waals surface area contributed by atoms with Crippen molar-refractivity contribution in [3.8, 4) is 0 Å². The maximum atomic E-state index is 12.7. The lowest BCUT2D eigenvalue weighted by molar-refractivity contribution is -0.150. The molecule has 3 heterocycles. The van der Waals surface area contributed by atoms with Gasteiger partial charge in [0.05, 0.1) is 24.9 Å². The minimum atomic E-state index is -4.62. The fraction of sp³-hybridized carbons (Fsp3) is 0.467. The topological polar surface area (TPSA) is 79.8 Å². The molecule has 2 aliphatic rings. The van der Waals surface area contributed by atoms with Crippen molar-refractivity contribution >= 4 is 23.6 Å². The van der Waals surface area contributed by atoms with E-state index >= 15 is 0 Å². The molecular weight excluding hydrogens is 343 g/mol. The Morgan fingerprint density at radius 2 is 2.04 bits per heavy atom. The summed E-state index contributed by atoms with van der Waals surface area (Å²) in [6, 6.07) is 0.0310. The second kappa shape index (κ2) is 6.01. The number of anilines is 1. The molecule has 0 spiro atoms. The summed E-state index contributed by atoms with van der Waals surface area (Å²) in [5.41, 5.74) is -1.19. The average Bonchev–Trinajstić information content (AvgIpc) is 2.85. The zero-order valence-corrected chi connectivity index (χ0v) is 13.1. The Hall–Kier alpha value is -2.65. The molecule has 134 valence electrons. The van der Waals surface area contributed by atoms with Gasteiger partial charge in [0.15, 0.2) is 0 Å². The first-order valence-corrected chi connectivity index (χ1v) is 7.51. The molecule has 7 nitrogen and oxygen atoms in total. The van der Waals surface area contributed by atoms with E-state index in [2.05, 4.69) is 4.98 Å². The summed E-state index contributed by atoms with van der Waals surface area (Å²) in [6.07, 6.45) is -2.88. The highest BCUT2D eigenvalue weighted by atomic mass is 19.4. The highest BCUT2D eigenvalue weighted by Crippen LogP contribution is 2.35. The van der Waals surface area contributed by atoms with Gasteiger partial charge in [0.1, 0.15) is 11.7 Å². The smallest absolute Gasteiger partial charge is 0.433 e. The van der Waals surface area contributed by atoms with Gasteiger partial charge in [-0.05, 0) is 25.0 Å². The number of carbonyl (C=O) groups excluding carboxylic acids is 3. The van der Waals surface area contributed by atoms with Gasteiger partial charge in [-0.2, -0.15) is 13.2 Å². The third-order valence-electron chi connectivity index (χ3n) is 4.34. The zero-order valence-electron chi connectivity index (χ0n) is 13.1. The van der Waals surface area contributed by atoms with Crippen LogP contribution in [0.15, 0.2) is 18.3 Å². The number of methoxy groups -OCH3 is 1. The molecule has 0 N–H and O–H groups in total. The number of aromatic nitrogens is 1. The third-order valence-corrected chi connectivity index (χ3v) is 4.34. The van der Waals surface area contributed by atoms with E-state index < -0.39 is 41.7 Å². The summed E-state index contributed by atoms with van der Waals surface area (Å²) in [4.78, 5) is 42.4. The minimum Gasteiger partial charge on any atom is -0.469 e. The van der Waals surface area contributed by atoms with Gasteiger partial charge >= 0.3 is 18.2 Å². The number of halogens is 3. The van der Waals surface area contributed by atoms with Crippen LogP contribution in [0.25, 0.3) is 0 Å². The van der Waals surface area contributed by atoms with Gasteiger partial charge in [0.25, 0.3) is 5.91 Å². The standard InChI is InChI=1S/C15H14F3N3O4/c1-25-13(23)9-3-2-6-20-11(9)12(22)21(14(20)24)8-4-5-10(19-7-8)15(16,17)18/h4-5,7,9,11H,2-3,6H2,1H3/t9-,11+/m1/s1. The highest BCUT2D eigenvalue weighted by molar-refractivity contribution is 6.22. The molecule has 1 aromatic rings. The molecule has 0 unspecified atom stereocenters. The van der Waals surface area contributed by atoms with Gasteiger partial charge in [-0.25, -0.2) is 14.7 Å². The zero-order chi connectivity index (χ0) is 18.4. The molecule has 2 saturated heterocycles. The van der Waals surface area contributed by atoms with E-state index in [1.54, 1.807) is 0 Å². The van der Waals surface area contributed by atoms with E-state index in [1.165, 1.54) is 12.0 Å². The summed E-state index contributed by atoms with van der Waals surface area (Å²) >= 11 is 0. The number of esters is 1. The van der Waals surface area contributed by atoms with E-state index in [1.807, 2.05) is 0 Å². The van der Waals surface area contributed by atoms with Crippen LogP contribution in [0, 0.1) is 5.92 Å². The lowest BCUT2D eigenvalue weighted by Crippen LogP contribution is -2.48. The number of pyridine rings is 1. The molecule has 2 aliphatic heterocycles. The number of fused-ring (bicyclic) bond motifs is 1. The largest absolute Gasteiger partial charge is 0.469 e. The van der Waals surface area contributed by atoms with E-state index in [0.29, 0.717) is 18.9 Å². The van der Waals surface area contributed by atoms with Crippen molar-refractivity contribution in [3.63, 3.8) is 0 Å².